The predicted octanol–water partition coefficient (Wildman–Crippen LogP) is 4.37. The summed E-state index contributed by atoms with van der Waals surface area (Å²) in [4.78, 5) is 1.58. The summed E-state index contributed by atoms with van der Waals surface area (Å²) < 4.78 is 78.7. The molecule has 0 aliphatic carbocycles. The number of para-hydroxylation sites is 1. The Hall–Kier alpha value is -2.49. The molecule has 5 nitrogen and oxygen atoms in total. The van der Waals surface area contributed by atoms with Gasteiger partial charge in [-0.3, -0.25) is 0 Å². The lowest BCUT2D eigenvalue weighted by atomic mass is 10.0. The first-order valence-electron chi connectivity index (χ1n) is 8.95. The van der Waals surface area contributed by atoms with E-state index in [1.807, 2.05) is 4.90 Å². The fourth-order valence-corrected chi connectivity index (χ4v) is 4.21. The Bertz CT molecular complexity index is 923. The number of halogens is 4. The monoisotopic (exact) mass is 432 g/mol. The van der Waals surface area contributed by atoms with Gasteiger partial charge in [0.15, 0.2) is 0 Å². The van der Waals surface area contributed by atoms with Gasteiger partial charge in [-0.25, -0.2) is 8.42 Å². The van der Waals surface area contributed by atoms with E-state index in [-0.39, 0.29) is 17.5 Å². The van der Waals surface area contributed by atoms with E-state index in [4.69, 9.17) is 0 Å². The van der Waals surface area contributed by atoms with Gasteiger partial charge in [-0.05, 0) is 49.2 Å². The highest BCUT2D eigenvalue weighted by Crippen LogP contribution is 2.29. The van der Waals surface area contributed by atoms with Crippen LogP contribution >= 0.6 is 0 Å². The van der Waals surface area contributed by atoms with Crippen LogP contribution in [0.15, 0.2) is 53.4 Å². The van der Waals surface area contributed by atoms with Crippen molar-refractivity contribution in [1.82, 2.24) is 0 Å². The van der Waals surface area contributed by atoms with E-state index in [0.29, 0.717) is 6.54 Å². The number of piperidine rings is 1. The van der Waals surface area contributed by atoms with Gasteiger partial charge in [-0.2, -0.15) is 17.6 Å². The Kier molecular flexibility index (Phi) is 6.51. The van der Waals surface area contributed by atoms with Crippen molar-refractivity contribution in [3.8, 4) is 5.75 Å². The van der Waals surface area contributed by atoms with Gasteiger partial charge in [0.2, 0.25) is 9.84 Å². The van der Waals surface area contributed by atoms with Crippen LogP contribution in [0.1, 0.15) is 12.8 Å². The van der Waals surface area contributed by atoms with Crippen molar-refractivity contribution in [1.29, 1.82) is 0 Å². The zero-order chi connectivity index (χ0) is 21.0. The Morgan fingerprint density at radius 2 is 1.72 bits per heavy atom. The number of sulfone groups is 1. The van der Waals surface area contributed by atoms with Gasteiger partial charge in [-0.15, -0.1) is 0 Å². The van der Waals surface area contributed by atoms with Crippen molar-refractivity contribution >= 4 is 21.2 Å². The molecule has 158 valence electrons. The number of benzene rings is 2. The SMILES string of the molecule is O=S(=O)(c1ccccc1NC1CCCN(c2ccc(OC(F)F)cc2)C1)C(F)F. The Morgan fingerprint density at radius 1 is 1.03 bits per heavy atom. The molecule has 0 aromatic heterocycles. The number of hydrogen-bond acceptors (Lipinski definition) is 5. The van der Waals surface area contributed by atoms with Gasteiger partial charge in [0.25, 0.3) is 0 Å². The average molecular weight is 432 g/mol. The standard InChI is InChI=1S/C19H20F4N2O3S/c20-18(21)28-15-9-7-14(8-10-15)25-11-3-4-13(12-25)24-16-5-1-2-6-17(16)29(26,27)19(22)23/h1-2,5-10,13,18-19,24H,3-4,11-12H2. The third-order valence-electron chi connectivity index (χ3n) is 4.64. The number of hydrogen-bond donors (Lipinski definition) is 1. The van der Waals surface area contributed by atoms with Crippen molar-refractivity contribution in [3.63, 3.8) is 0 Å². The molecule has 1 aliphatic rings. The number of anilines is 2. The second kappa shape index (κ2) is 8.89. The van der Waals surface area contributed by atoms with Crippen molar-refractivity contribution in [3.05, 3.63) is 48.5 Å². The molecule has 0 amide bonds. The molecule has 0 bridgehead atoms. The van der Waals surface area contributed by atoms with Crippen LogP contribution in [0.2, 0.25) is 0 Å². The molecule has 1 atom stereocenters. The Balaban J connectivity index is 1.73. The maximum Gasteiger partial charge on any atom is 0.387 e. The third-order valence-corrected chi connectivity index (χ3v) is 6.07. The maximum absolute atomic E-state index is 13.0. The fourth-order valence-electron chi connectivity index (χ4n) is 3.32. The fraction of sp³-hybridized carbons (Fsp3) is 0.368. The lowest BCUT2D eigenvalue weighted by molar-refractivity contribution is -0.0498. The molecule has 1 unspecified atom stereocenters. The highest BCUT2D eigenvalue weighted by atomic mass is 32.2. The summed E-state index contributed by atoms with van der Waals surface area (Å²) in [5, 5.41) is 3.07. The largest absolute Gasteiger partial charge is 0.435 e. The lowest BCUT2D eigenvalue weighted by Gasteiger charge is -2.35. The molecule has 0 radical (unpaired) electrons. The summed E-state index contributed by atoms with van der Waals surface area (Å²) >= 11 is 0. The number of alkyl halides is 4. The van der Waals surface area contributed by atoms with Gasteiger partial charge in [0.1, 0.15) is 5.75 Å². The zero-order valence-electron chi connectivity index (χ0n) is 15.3. The summed E-state index contributed by atoms with van der Waals surface area (Å²) in [5.41, 5.74) is 0.937. The van der Waals surface area contributed by atoms with E-state index in [1.54, 1.807) is 18.2 Å². The number of ether oxygens (including phenoxy) is 1. The maximum atomic E-state index is 13.0. The number of rotatable bonds is 7. The first kappa shape index (κ1) is 21.2. The van der Waals surface area contributed by atoms with Gasteiger partial charge < -0.3 is 15.0 Å². The van der Waals surface area contributed by atoms with Gasteiger partial charge in [0, 0.05) is 24.8 Å². The summed E-state index contributed by atoms with van der Waals surface area (Å²) in [6, 6.07) is 11.6. The van der Waals surface area contributed by atoms with Gasteiger partial charge >= 0.3 is 12.4 Å². The Morgan fingerprint density at radius 3 is 2.38 bits per heavy atom. The molecule has 1 N–H and O–H groups in total. The minimum absolute atomic E-state index is 0.0570. The molecule has 0 saturated carbocycles. The molecular weight excluding hydrogens is 412 g/mol. The molecule has 1 aliphatic heterocycles. The normalized spacial score (nSPS) is 17.6. The quantitative estimate of drug-likeness (QED) is 0.659. The molecule has 2 aromatic rings. The minimum atomic E-state index is -4.72. The van der Waals surface area contributed by atoms with E-state index in [0.717, 1.165) is 31.1 Å². The summed E-state index contributed by atoms with van der Waals surface area (Å²) in [6.07, 6.45) is 1.52. The second-order valence-corrected chi connectivity index (χ2v) is 8.49. The topological polar surface area (TPSA) is 58.6 Å². The summed E-state index contributed by atoms with van der Waals surface area (Å²) in [7, 11) is -4.72. The first-order chi connectivity index (χ1) is 13.8. The van der Waals surface area contributed by atoms with Crippen LogP contribution < -0.4 is 15.0 Å². The predicted molar refractivity (Wildman–Crippen MR) is 102 cm³/mol. The minimum Gasteiger partial charge on any atom is -0.435 e. The van der Waals surface area contributed by atoms with Crippen LogP contribution in [-0.4, -0.2) is 39.9 Å². The van der Waals surface area contributed by atoms with Gasteiger partial charge in [-0.1, -0.05) is 12.1 Å². The molecule has 1 heterocycles. The summed E-state index contributed by atoms with van der Waals surface area (Å²) in [6.45, 7) is -1.67. The molecule has 1 fully saturated rings. The van der Waals surface area contributed by atoms with Crippen LogP contribution in [0.25, 0.3) is 0 Å². The van der Waals surface area contributed by atoms with Gasteiger partial charge in [0.05, 0.1) is 10.6 Å². The summed E-state index contributed by atoms with van der Waals surface area (Å²) in [5.74, 6) is -3.44. The van der Waals surface area contributed by atoms with Crippen LogP contribution in [0.4, 0.5) is 28.9 Å². The lowest BCUT2D eigenvalue weighted by Crippen LogP contribution is -2.42. The number of nitrogens with zero attached hydrogens (tertiary/aromatic N) is 1. The van der Waals surface area contributed by atoms with E-state index < -0.39 is 27.1 Å². The molecule has 1 saturated heterocycles. The van der Waals surface area contributed by atoms with Crippen molar-refractivity contribution in [2.45, 2.75) is 36.1 Å². The average Bonchev–Trinajstić information content (AvgIpc) is 2.68. The van der Waals surface area contributed by atoms with E-state index in [1.165, 1.54) is 24.3 Å². The Labute approximate surface area is 166 Å². The molecule has 3 rings (SSSR count). The van der Waals surface area contributed by atoms with E-state index in [9.17, 15) is 26.0 Å². The molecule has 0 spiro atoms. The first-order valence-corrected chi connectivity index (χ1v) is 10.5. The highest BCUT2D eigenvalue weighted by molar-refractivity contribution is 7.91. The van der Waals surface area contributed by atoms with E-state index >= 15 is 0 Å². The van der Waals surface area contributed by atoms with Crippen molar-refractivity contribution < 1.29 is 30.7 Å². The molecule has 2 aromatic carbocycles. The van der Waals surface area contributed by atoms with Crippen molar-refractivity contribution in [2.75, 3.05) is 23.3 Å². The van der Waals surface area contributed by atoms with Crippen LogP contribution in [-0.2, 0) is 9.84 Å². The van der Waals surface area contributed by atoms with Crippen LogP contribution in [0.5, 0.6) is 5.75 Å². The van der Waals surface area contributed by atoms with Crippen molar-refractivity contribution in [2.24, 2.45) is 0 Å². The second-order valence-electron chi connectivity index (χ2n) is 6.60. The molecular formula is C19H20F4N2O3S. The zero-order valence-corrected chi connectivity index (χ0v) is 16.1. The molecule has 29 heavy (non-hydrogen) atoms. The van der Waals surface area contributed by atoms with Crippen LogP contribution in [0, 0.1) is 0 Å². The molecule has 10 heteroatoms. The number of nitrogens with one attached hydrogen (secondary N) is 1. The smallest absolute Gasteiger partial charge is 0.387 e. The highest BCUT2D eigenvalue weighted by Gasteiger charge is 2.30. The third kappa shape index (κ3) is 5.11. The van der Waals surface area contributed by atoms with Crippen LogP contribution in [0.3, 0.4) is 0 Å². The van der Waals surface area contributed by atoms with E-state index in [2.05, 4.69) is 10.1 Å².